The van der Waals surface area contributed by atoms with Gasteiger partial charge < -0.3 is 20.7 Å². The molecule has 7 nitrogen and oxygen atoms in total. The van der Waals surface area contributed by atoms with Crippen LogP contribution in [0.2, 0.25) is 0 Å². The molecule has 0 radical (unpaired) electrons. The topological polar surface area (TPSA) is 106 Å². The molecule has 1 fully saturated rings. The highest BCUT2D eigenvalue weighted by atomic mass is 19.1. The highest BCUT2D eigenvalue weighted by Crippen LogP contribution is 2.43. The number of aliphatic hydroxyl groups excluding tert-OH is 1. The molecular formula is C19H21FN4O3. The van der Waals surface area contributed by atoms with E-state index in [1.807, 2.05) is 0 Å². The molecule has 1 aliphatic rings. The summed E-state index contributed by atoms with van der Waals surface area (Å²) in [6.07, 6.45) is 5.80. The molecule has 142 valence electrons. The van der Waals surface area contributed by atoms with Crippen LogP contribution in [0.1, 0.15) is 36.8 Å². The molecule has 0 aliphatic heterocycles. The van der Waals surface area contributed by atoms with Crippen molar-refractivity contribution in [2.24, 2.45) is 0 Å². The third-order valence-electron chi connectivity index (χ3n) is 5.28. The molecule has 1 saturated carbocycles. The van der Waals surface area contributed by atoms with Crippen molar-refractivity contribution in [3.63, 3.8) is 0 Å². The molecule has 3 aromatic rings. The van der Waals surface area contributed by atoms with Crippen molar-refractivity contribution in [2.45, 2.75) is 37.9 Å². The normalized spacial score (nSPS) is 16.1. The van der Waals surface area contributed by atoms with Gasteiger partial charge in [-0.25, -0.2) is 9.37 Å². The predicted octanol–water partition coefficient (Wildman–Crippen LogP) is 2.40. The molecule has 2 aromatic heterocycles. The maximum atomic E-state index is 14.4. The second-order valence-corrected chi connectivity index (χ2v) is 6.89. The molecule has 0 atom stereocenters. The van der Waals surface area contributed by atoms with Gasteiger partial charge in [-0.15, -0.1) is 0 Å². The van der Waals surface area contributed by atoms with Gasteiger partial charge in [0.25, 0.3) is 0 Å². The number of nitrogens with zero attached hydrogens (tertiary/aromatic N) is 3. The molecular weight excluding hydrogens is 351 g/mol. The Bertz CT molecular complexity index is 1010. The van der Waals surface area contributed by atoms with E-state index in [1.165, 1.54) is 11.7 Å². The van der Waals surface area contributed by atoms with Crippen molar-refractivity contribution in [3.05, 3.63) is 41.5 Å². The number of aliphatic hydroxyl groups is 2. The molecule has 8 heteroatoms. The number of fused-ring (bicyclic) bond motifs is 1. The second kappa shape index (κ2) is 6.47. The number of benzene rings is 1. The maximum Gasteiger partial charge on any atom is 0.222 e. The smallest absolute Gasteiger partial charge is 0.222 e. The quantitative estimate of drug-likeness (QED) is 0.649. The van der Waals surface area contributed by atoms with Gasteiger partial charge in [0.1, 0.15) is 5.75 Å². The third-order valence-corrected chi connectivity index (χ3v) is 5.28. The molecule has 2 heterocycles. The number of nitrogen functional groups attached to an aromatic ring is 1. The van der Waals surface area contributed by atoms with Gasteiger partial charge in [0.05, 0.1) is 31.0 Å². The molecule has 4 rings (SSSR count). The van der Waals surface area contributed by atoms with E-state index in [0.717, 1.165) is 19.0 Å². The van der Waals surface area contributed by atoms with Gasteiger partial charge in [0, 0.05) is 17.1 Å². The summed E-state index contributed by atoms with van der Waals surface area (Å²) in [6.45, 7) is -0.258. The predicted molar refractivity (Wildman–Crippen MR) is 98.1 cm³/mol. The van der Waals surface area contributed by atoms with Crippen LogP contribution in [0.4, 0.5) is 10.3 Å². The minimum Gasteiger partial charge on any atom is -0.496 e. The molecule has 0 spiro atoms. The number of halogens is 1. The highest BCUT2D eigenvalue weighted by molar-refractivity contribution is 5.92. The summed E-state index contributed by atoms with van der Waals surface area (Å²) in [5.74, 6) is -0.219. The Morgan fingerprint density at radius 3 is 2.74 bits per heavy atom. The number of ether oxygens (including phenoxy) is 1. The Morgan fingerprint density at radius 2 is 2.07 bits per heavy atom. The zero-order valence-corrected chi connectivity index (χ0v) is 14.9. The van der Waals surface area contributed by atoms with Crippen LogP contribution in [-0.4, -0.2) is 31.9 Å². The first kappa shape index (κ1) is 17.7. The van der Waals surface area contributed by atoms with Crippen molar-refractivity contribution >= 4 is 16.9 Å². The Hall–Kier alpha value is -2.71. The standard InChI is InChI=1S/C19H21FN4O3/c1-27-15-7-12(19(26)4-2-3-5-19)6-14-16(15)11(10-25)9-24(14)17-13(20)8-22-18(21)23-17/h6-9,25-26H,2-5,10H2,1H3,(H2,21,22,23). The Morgan fingerprint density at radius 1 is 1.33 bits per heavy atom. The van der Waals surface area contributed by atoms with Gasteiger partial charge >= 0.3 is 0 Å². The van der Waals surface area contributed by atoms with E-state index in [4.69, 9.17) is 10.5 Å². The van der Waals surface area contributed by atoms with E-state index >= 15 is 0 Å². The lowest BCUT2D eigenvalue weighted by Gasteiger charge is -2.24. The summed E-state index contributed by atoms with van der Waals surface area (Å²) in [4.78, 5) is 7.67. The van der Waals surface area contributed by atoms with Gasteiger partial charge in [-0.2, -0.15) is 4.98 Å². The van der Waals surface area contributed by atoms with E-state index in [1.54, 1.807) is 18.3 Å². The van der Waals surface area contributed by atoms with Gasteiger partial charge in [-0.1, -0.05) is 12.8 Å². The van der Waals surface area contributed by atoms with Crippen molar-refractivity contribution in [1.82, 2.24) is 14.5 Å². The lowest BCUT2D eigenvalue weighted by Crippen LogP contribution is -2.21. The van der Waals surface area contributed by atoms with Crippen LogP contribution in [0.25, 0.3) is 16.7 Å². The number of nitrogens with two attached hydrogens (primary N) is 1. The Labute approximate surface area is 155 Å². The van der Waals surface area contributed by atoms with Crippen LogP contribution in [0.5, 0.6) is 5.75 Å². The van der Waals surface area contributed by atoms with Gasteiger partial charge in [0.2, 0.25) is 5.95 Å². The molecule has 0 amide bonds. The van der Waals surface area contributed by atoms with Gasteiger partial charge in [-0.3, -0.25) is 4.57 Å². The number of hydrogen-bond acceptors (Lipinski definition) is 6. The monoisotopic (exact) mass is 372 g/mol. The van der Waals surface area contributed by atoms with Crippen LogP contribution in [0, 0.1) is 5.82 Å². The first-order valence-electron chi connectivity index (χ1n) is 8.81. The van der Waals surface area contributed by atoms with Gasteiger partial charge in [-0.05, 0) is 30.5 Å². The first-order chi connectivity index (χ1) is 13.0. The number of rotatable bonds is 4. The molecule has 1 aliphatic carbocycles. The van der Waals surface area contributed by atoms with Crippen LogP contribution in [0.3, 0.4) is 0 Å². The van der Waals surface area contributed by atoms with Crippen LogP contribution < -0.4 is 10.5 Å². The number of methoxy groups -OCH3 is 1. The highest BCUT2D eigenvalue weighted by Gasteiger charge is 2.34. The number of hydrogen-bond donors (Lipinski definition) is 3. The largest absolute Gasteiger partial charge is 0.496 e. The van der Waals surface area contributed by atoms with Crippen molar-refractivity contribution in [3.8, 4) is 11.6 Å². The summed E-state index contributed by atoms with van der Waals surface area (Å²) >= 11 is 0. The SMILES string of the molecule is COc1cc(C2(O)CCCC2)cc2c1c(CO)cn2-c1nc(N)ncc1F. The first-order valence-corrected chi connectivity index (χ1v) is 8.81. The van der Waals surface area contributed by atoms with E-state index in [-0.39, 0.29) is 18.4 Å². The summed E-state index contributed by atoms with van der Waals surface area (Å²) < 4.78 is 21.5. The van der Waals surface area contributed by atoms with Crippen molar-refractivity contribution in [1.29, 1.82) is 0 Å². The minimum absolute atomic E-state index is 0.0233. The van der Waals surface area contributed by atoms with Crippen LogP contribution in [-0.2, 0) is 12.2 Å². The Balaban J connectivity index is 2.03. The maximum absolute atomic E-state index is 14.4. The van der Waals surface area contributed by atoms with E-state index < -0.39 is 11.4 Å². The fraction of sp³-hybridized carbons (Fsp3) is 0.368. The van der Waals surface area contributed by atoms with E-state index in [0.29, 0.717) is 40.6 Å². The fourth-order valence-electron chi connectivity index (χ4n) is 3.92. The molecule has 0 saturated heterocycles. The average molecular weight is 372 g/mol. The van der Waals surface area contributed by atoms with Crippen LogP contribution in [0.15, 0.2) is 24.5 Å². The third kappa shape index (κ3) is 2.81. The summed E-state index contributed by atoms with van der Waals surface area (Å²) in [5.41, 5.74) is 6.53. The van der Waals surface area contributed by atoms with Crippen molar-refractivity contribution < 1.29 is 19.3 Å². The van der Waals surface area contributed by atoms with Crippen LogP contribution >= 0.6 is 0 Å². The summed E-state index contributed by atoms with van der Waals surface area (Å²) in [7, 11) is 1.53. The molecule has 4 N–H and O–H groups in total. The Kier molecular flexibility index (Phi) is 4.24. The molecule has 27 heavy (non-hydrogen) atoms. The minimum atomic E-state index is -0.945. The van der Waals surface area contributed by atoms with Gasteiger partial charge in [0.15, 0.2) is 11.6 Å². The van der Waals surface area contributed by atoms with E-state index in [9.17, 15) is 14.6 Å². The lowest BCUT2D eigenvalue weighted by molar-refractivity contribution is 0.0444. The summed E-state index contributed by atoms with van der Waals surface area (Å²) in [5, 5.41) is 21.5. The average Bonchev–Trinajstić information content (AvgIpc) is 3.27. The van der Waals surface area contributed by atoms with Crippen molar-refractivity contribution in [2.75, 3.05) is 12.8 Å². The molecule has 0 bridgehead atoms. The fourth-order valence-corrected chi connectivity index (χ4v) is 3.92. The summed E-state index contributed by atoms with van der Waals surface area (Å²) in [6, 6.07) is 3.60. The van der Waals surface area contributed by atoms with E-state index in [2.05, 4.69) is 9.97 Å². The lowest BCUT2D eigenvalue weighted by atomic mass is 9.91. The molecule has 0 unspecified atom stereocenters. The zero-order chi connectivity index (χ0) is 19.2. The number of anilines is 1. The number of aromatic nitrogens is 3. The molecule has 1 aromatic carbocycles. The zero-order valence-electron chi connectivity index (χ0n) is 14.9. The second-order valence-electron chi connectivity index (χ2n) is 6.89.